The van der Waals surface area contributed by atoms with E-state index in [1.807, 2.05) is 35.2 Å². The van der Waals surface area contributed by atoms with Crippen LogP contribution < -0.4 is 10.1 Å². The smallest absolute Gasteiger partial charge is 0.234 e. The number of amides is 1. The van der Waals surface area contributed by atoms with Gasteiger partial charge in [0.2, 0.25) is 5.91 Å². The maximum Gasteiger partial charge on any atom is 0.234 e. The third kappa shape index (κ3) is 4.01. The quantitative estimate of drug-likeness (QED) is 0.763. The summed E-state index contributed by atoms with van der Waals surface area (Å²) >= 11 is 0. The SMILES string of the molecule is O=C1CN(C[C@@H](O)COc2ccccc2)CCN1. The molecule has 1 atom stereocenters. The standard InChI is InChI=1S/C13H18N2O3/c16-11(8-15-7-6-14-13(17)9-15)10-18-12-4-2-1-3-5-12/h1-5,11,16H,6-10H2,(H,14,17)/t11-/m1/s1. The Hall–Kier alpha value is -1.59. The van der Waals surface area contributed by atoms with Crippen LogP contribution in [0.15, 0.2) is 30.3 Å². The zero-order valence-electron chi connectivity index (χ0n) is 10.2. The van der Waals surface area contributed by atoms with E-state index in [9.17, 15) is 9.90 Å². The molecule has 0 bridgehead atoms. The van der Waals surface area contributed by atoms with Gasteiger partial charge in [-0.3, -0.25) is 9.69 Å². The van der Waals surface area contributed by atoms with E-state index in [4.69, 9.17) is 4.74 Å². The summed E-state index contributed by atoms with van der Waals surface area (Å²) in [5.41, 5.74) is 0. The van der Waals surface area contributed by atoms with Crippen LogP contribution in [0, 0.1) is 0 Å². The summed E-state index contributed by atoms with van der Waals surface area (Å²) < 4.78 is 5.46. The lowest BCUT2D eigenvalue weighted by molar-refractivity contribution is -0.124. The summed E-state index contributed by atoms with van der Waals surface area (Å²) in [6.45, 7) is 2.46. The van der Waals surface area contributed by atoms with Gasteiger partial charge in [-0.25, -0.2) is 0 Å². The monoisotopic (exact) mass is 250 g/mol. The van der Waals surface area contributed by atoms with Crippen LogP contribution in [0.25, 0.3) is 0 Å². The van der Waals surface area contributed by atoms with Gasteiger partial charge in [0.25, 0.3) is 0 Å². The van der Waals surface area contributed by atoms with Crippen molar-refractivity contribution in [3.63, 3.8) is 0 Å². The van der Waals surface area contributed by atoms with E-state index in [-0.39, 0.29) is 12.5 Å². The van der Waals surface area contributed by atoms with Gasteiger partial charge in [-0.2, -0.15) is 0 Å². The fourth-order valence-corrected chi connectivity index (χ4v) is 1.91. The summed E-state index contributed by atoms with van der Waals surface area (Å²) in [6, 6.07) is 9.38. The van der Waals surface area contributed by atoms with Crippen molar-refractivity contribution in [2.45, 2.75) is 6.10 Å². The molecule has 0 aliphatic carbocycles. The number of nitrogens with zero attached hydrogens (tertiary/aromatic N) is 1. The van der Waals surface area contributed by atoms with Gasteiger partial charge in [0, 0.05) is 19.6 Å². The van der Waals surface area contributed by atoms with Gasteiger partial charge in [-0.1, -0.05) is 18.2 Å². The molecule has 0 radical (unpaired) electrons. The first kappa shape index (κ1) is 12.9. The number of β-amino-alcohol motifs (C(OH)–C–C–N with tert-alkyl or cyclic N) is 1. The third-order valence-electron chi connectivity index (χ3n) is 2.77. The molecular formula is C13H18N2O3. The lowest BCUT2D eigenvalue weighted by Crippen LogP contribution is -2.50. The van der Waals surface area contributed by atoms with Crippen LogP contribution in [0.2, 0.25) is 0 Å². The number of hydrogen-bond donors (Lipinski definition) is 2. The Morgan fingerprint density at radius 2 is 2.17 bits per heavy atom. The highest BCUT2D eigenvalue weighted by molar-refractivity contribution is 5.78. The van der Waals surface area contributed by atoms with E-state index in [2.05, 4.69) is 5.32 Å². The zero-order chi connectivity index (χ0) is 12.8. The number of hydrogen-bond acceptors (Lipinski definition) is 4. The second-order valence-electron chi connectivity index (χ2n) is 4.36. The number of ether oxygens (including phenoxy) is 1. The molecule has 1 aromatic rings. The van der Waals surface area contributed by atoms with Crippen molar-refractivity contribution in [3.8, 4) is 5.75 Å². The number of carbonyl (C=O) groups excluding carboxylic acids is 1. The molecule has 1 amide bonds. The lowest BCUT2D eigenvalue weighted by atomic mass is 10.3. The molecule has 0 unspecified atom stereocenters. The Morgan fingerprint density at radius 1 is 1.39 bits per heavy atom. The summed E-state index contributed by atoms with van der Waals surface area (Å²) in [7, 11) is 0. The predicted molar refractivity (Wildman–Crippen MR) is 67.4 cm³/mol. The molecule has 0 saturated carbocycles. The van der Waals surface area contributed by atoms with E-state index in [1.54, 1.807) is 0 Å². The van der Waals surface area contributed by atoms with Crippen molar-refractivity contribution in [2.75, 3.05) is 32.8 Å². The van der Waals surface area contributed by atoms with Crippen LogP contribution in [-0.4, -0.2) is 54.8 Å². The molecule has 2 rings (SSSR count). The molecular weight excluding hydrogens is 232 g/mol. The van der Waals surface area contributed by atoms with Crippen molar-refractivity contribution in [1.29, 1.82) is 0 Å². The van der Waals surface area contributed by atoms with E-state index in [1.165, 1.54) is 0 Å². The molecule has 1 aliphatic rings. The Bertz CT molecular complexity index is 383. The second kappa shape index (κ2) is 6.37. The lowest BCUT2D eigenvalue weighted by Gasteiger charge is -2.28. The molecule has 18 heavy (non-hydrogen) atoms. The molecule has 0 spiro atoms. The number of carbonyl (C=O) groups is 1. The number of rotatable bonds is 5. The minimum absolute atomic E-state index is 0.0115. The van der Waals surface area contributed by atoms with Gasteiger partial charge < -0.3 is 15.2 Å². The summed E-state index contributed by atoms with van der Waals surface area (Å²) in [5, 5.41) is 12.6. The van der Waals surface area contributed by atoms with E-state index < -0.39 is 6.10 Å². The Kier molecular flexibility index (Phi) is 4.55. The van der Waals surface area contributed by atoms with Crippen LogP contribution in [0.3, 0.4) is 0 Å². The van der Waals surface area contributed by atoms with Crippen molar-refractivity contribution >= 4 is 5.91 Å². The van der Waals surface area contributed by atoms with Gasteiger partial charge in [0.05, 0.1) is 6.54 Å². The maximum atomic E-state index is 11.2. The molecule has 1 saturated heterocycles. The summed E-state index contributed by atoms with van der Waals surface area (Å²) in [6.07, 6.45) is -0.587. The second-order valence-corrected chi connectivity index (χ2v) is 4.36. The molecule has 5 heteroatoms. The highest BCUT2D eigenvalue weighted by atomic mass is 16.5. The average Bonchev–Trinajstić information content (AvgIpc) is 2.38. The molecule has 0 aromatic heterocycles. The number of aliphatic hydroxyl groups is 1. The van der Waals surface area contributed by atoms with E-state index in [0.717, 1.165) is 12.3 Å². The minimum atomic E-state index is -0.587. The van der Waals surface area contributed by atoms with Gasteiger partial charge in [0.1, 0.15) is 18.5 Å². The van der Waals surface area contributed by atoms with Gasteiger partial charge in [-0.05, 0) is 12.1 Å². The van der Waals surface area contributed by atoms with Gasteiger partial charge in [-0.15, -0.1) is 0 Å². The fourth-order valence-electron chi connectivity index (χ4n) is 1.91. The van der Waals surface area contributed by atoms with Crippen LogP contribution in [0.1, 0.15) is 0 Å². The zero-order valence-corrected chi connectivity index (χ0v) is 10.2. The third-order valence-corrected chi connectivity index (χ3v) is 2.77. The van der Waals surface area contributed by atoms with E-state index >= 15 is 0 Å². The molecule has 1 fully saturated rings. The molecule has 2 N–H and O–H groups in total. The number of nitrogens with one attached hydrogen (secondary N) is 1. The topological polar surface area (TPSA) is 61.8 Å². The highest BCUT2D eigenvalue weighted by Crippen LogP contribution is 2.08. The fraction of sp³-hybridized carbons (Fsp3) is 0.462. The van der Waals surface area contributed by atoms with Crippen LogP contribution in [0.5, 0.6) is 5.75 Å². The minimum Gasteiger partial charge on any atom is -0.491 e. The van der Waals surface area contributed by atoms with Gasteiger partial charge >= 0.3 is 0 Å². The average molecular weight is 250 g/mol. The number of aliphatic hydroxyl groups excluding tert-OH is 1. The van der Waals surface area contributed by atoms with Crippen LogP contribution >= 0.6 is 0 Å². The van der Waals surface area contributed by atoms with Crippen molar-refractivity contribution in [2.24, 2.45) is 0 Å². The number of para-hydroxylation sites is 1. The molecule has 1 heterocycles. The summed E-state index contributed by atoms with van der Waals surface area (Å²) in [4.78, 5) is 13.1. The Balaban J connectivity index is 1.71. The molecule has 1 aliphatic heterocycles. The highest BCUT2D eigenvalue weighted by Gasteiger charge is 2.18. The molecule has 5 nitrogen and oxygen atoms in total. The molecule has 1 aromatic carbocycles. The first-order valence-electron chi connectivity index (χ1n) is 6.09. The summed E-state index contributed by atoms with van der Waals surface area (Å²) in [5.74, 6) is 0.755. The van der Waals surface area contributed by atoms with Crippen LogP contribution in [-0.2, 0) is 4.79 Å². The number of benzene rings is 1. The van der Waals surface area contributed by atoms with Crippen molar-refractivity contribution < 1.29 is 14.6 Å². The first-order chi connectivity index (χ1) is 8.74. The predicted octanol–water partition coefficient (Wildman–Crippen LogP) is -0.142. The van der Waals surface area contributed by atoms with Crippen LogP contribution in [0.4, 0.5) is 0 Å². The van der Waals surface area contributed by atoms with Crippen molar-refractivity contribution in [3.05, 3.63) is 30.3 Å². The largest absolute Gasteiger partial charge is 0.491 e. The Morgan fingerprint density at radius 3 is 2.89 bits per heavy atom. The van der Waals surface area contributed by atoms with Gasteiger partial charge in [0.15, 0.2) is 0 Å². The molecule has 98 valence electrons. The maximum absolute atomic E-state index is 11.2. The Labute approximate surface area is 106 Å². The first-order valence-corrected chi connectivity index (χ1v) is 6.09. The van der Waals surface area contributed by atoms with E-state index in [0.29, 0.717) is 19.6 Å². The number of piperazine rings is 1. The van der Waals surface area contributed by atoms with Crippen molar-refractivity contribution in [1.82, 2.24) is 10.2 Å². The normalized spacial score (nSPS) is 18.2.